The Hall–Kier alpha value is -1.72. The molecule has 1 radical (unpaired) electrons. The van der Waals surface area contributed by atoms with Gasteiger partial charge in [0.1, 0.15) is 0 Å². The van der Waals surface area contributed by atoms with E-state index >= 15 is 0 Å². The lowest BCUT2D eigenvalue weighted by atomic mass is 10.0. The summed E-state index contributed by atoms with van der Waals surface area (Å²) in [5.74, 6) is 0.0591. The van der Waals surface area contributed by atoms with Gasteiger partial charge in [-0.3, -0.25) is 10.2 Å². The van der Waals surface area contributed by atoms with E-state index < -0.39 is 0 Å². The highest BCUT2D eigenvalue weighted by Crippen LogP contribution is 2.14. The van der Waals surface area contributed by atoms with Crippen LogP contribution in [0, 0.1) is 6.92 Å². The molecule has 6 heteroatoms. The first-order valence-corrected chi connectivity index (χ1v) is 3.91. The fourth-order valence-corrected chi connectivity index (χ4v) is 1.09. The highest BCUT2D eigenvalue weighted by Gasteiger charge is 2.10. The Morgan fingerprint density at radius 2 is 2.00 bits per heavy atom. The van der Waals surface area contributed by atoms with Crippen molar-refractivity contribution in [2.24, 2.45) is 0 Å². The van der Waals surface area contributed by atoms with Crippen LogP contribution in [0.2, 0.25) is 0 Å². The van der Waals surface area contributed by atoms with Crippen LogP contribution in [-0.2, 0) is 6.42 Å². The molecule has 0 saturated carbocycles. The molecule has 6 nitrogen and oxygen atoms in total. The summed E-state index contributed by atoms with van der Waals surface area (Å²) in [7, 11) is 0. The molecule has 0 aliphatic rings. The summed E-state index contributed by atoms with van der Waals surface area (Å²) in [6.07, 6.45) is 4.19. The maximum absolute atomic E-state index is 3.95. The summed E-state index contributed by atoms with van der Waals surface area (Å²) in [4.78, 5) is 0. The first-order valence-electron chi connectivity index (χ1n) is 3.91. The molecule has 0 aromatic carbocycles. The van der Waals surface area contributed by atoms with E-state index in [0.717, 1.165) is 11.4 Å². The lowest BCUT2D eigenvalue weighted by molar-refractivity contribution is 0.761. The molecule has 0 aliphatic heterocycles. The Morgan fingerprint density at radius 3 is 2.62 bits per heavy atom. The van der Waals surface area contributed by atoms with Gasteiger partial charge in [0.15, 0.2) is 0 Å². The second-order valence-electron chi connectivity index (χ2n) is 2.76. The molecule has 2 N–H and O–H groups in total. The van der Waals surface area contributed by atoms with Crippen molar-refractivity contribution in [1.82, 2.24) is 30.8 Å². The molecule has 67 valence electrons. The van der Waals surface area contributed by atoms with Crippen molar-refractivity contribution in [3.05, 3.63) is 30.7 Å². The second kappa shape index (κ2) is 3.34. The molecule has 0 amide bonds. The molecular formula is C7H9N6. The summed E-state index contributed by atoms with van der Waals surface area (Å²) >= 11 is 0. The van der Waals surface area contributed by atoms with Gasteiger partial charge in [-0.15, -0.1) is 10.2 Å². The van der Waals surface area contributed by atoms with Crippen molar-refractivity contribution in [2.45, 2.75) is 12.3 Å². The molecule has 1 atom stereocenters. The monoisotopic (exact) mass is 177 g/mol. The van der Waals surface area contributed by atoms with Gasteiger partial charge in [0.2, 0.25) is 0 Å². The van der Waals surface area contributed by atoms with E-state index in [0.29, 0.717) is 6.42 Å². The van der Waals surface area contributed by atoms with Crippen molar-refractivity contribution >= 4 is 0 Å². The minimum atomic E-state index is 0.0591. The van der Waals surface area contributed by atoms with Crippen molar-refractivity contribution in [2.75, 3.05) is 0 Å². The maximum Gasteiger partial charge on any atom is 0.0859 e. The summed E-state index contributed by atoms with van der Waals surface area (Å²) in [5, 5.41) is 20.2. The van der Waals surface area contributed by atoms with Crippen LogP contribution in [0.15, 0.2) is 12.4 Å². The molecule has 2 rings (SSSR count). The van der Waals surface area contributed by atoms with E-state index in [1.54, 1.807) is 12.4 Å². The summed E-state index contributed by atoms with van der Waals surface area (Å²) in [5.41, 5.74) is 1.71. The predicted octanol–water partition coefficient (Wildman–Crippen LogP) is 0.0832. The molecule has 2 aromatic heterocycles. The number of hydrogen-bond acceptors (Lipinski definition) is 4. The number of nitrogens with one attached hydrogen (secondary N) is 2. The van der Waals surface area contributed by atoms with E-state index in [4.69, 9.17) is 0 Å². The highest BCUT2D eigenvalue weighted by molar-refractivity contribution is 5.08. The molecule has 0 spiro atoms. The number of aromatic nitrogens is 6. The van der Waals surface area contributed by atoms with Crippen LogP contribution in [0.1, 0.15) is 17.3 Å². The number of nitrogens with zero attached hydrogens (tertiary/aromatic N) is 4. The predicted molar refractivity (Wildman–Crippen MR) is 44.6 cm³/mol. The van der Waals surface area contributed by atoms with Crippen LogP contribution in [0.5, 0.6) is 0 Å². The van der Waals surface area contributed by atoms with Gasteiger partial charge < -0.3 is 0 Å². The van der Waals surface area contributed by atoms with E-state index in [1.807, 2.05) is 0 Å². The Labute approximate surface area is 74.8 Å². The molecule has 0 saturated heterocycles. The first-order chi connectivity index (χ1) is 6.36. The van der Waals surface area contributed by atoms with Gasteiger partial charge in [-0.05, 0) is 6.92 Å². The molecular weight excluding hydrogens is 168 g/mol. The van der Waals surface area contributed by atoms with Crippen LogP contribution in [0.3, 0.4) is 0 Å². The van der Waals surface area contributed by atoms with Crippen LogP contribution in [0.4, 0.5) is 0 Å². The SMILES string of the molecule is [CH2]C(Cc1c[nH]nn1)c1c[nH]nn1. The molecule has 1 unspecified atom stereocenters. The van der Waals surface area contributed by atoms with Gasteiger partial charge in [0.25, 0.3) is 0 Å². The van der Waals surface area contributed by atoms with E-state index in [-0.39, 0.29) is 5.92 Å². The third-order valence-electron chi connectivity index (χ3n) is 1.78. The molecule has 0 aliphatic carbocycles. The highest BCUT2D eigenvalue weighted by atomic mass is 15.3. The van der Waals surface area contributed by atoms with Crippen LogP contribution in [0.25, 0.3) is 0 Å². The summed E-state index contributed by atoms with van der Waals surface area (Å²) in [6.45, 7) is 3.95. The molecule has 2 aromatic rings. The zero-order chi connectivity index (χ0) is 9.10. The zero-order valence-electron chi connectivity index (χ0n) is 6.94. The van der Waals surface area contributed by atoms with E-state index in [1.165, 1.54) is 0 Å². The summed E-state index contributed by atoms with van der Waals surface area (Å²) in [6, 6.07) is 0. The number of rotatable bonds is 3. The fraction of sp³-hybridized carbons (Fsp3) is 0.286. The minimum Gasteiger partial charge on any atom is -0.265 e. The normalized spacial score (nSPS) is 13.0. The Bertz CT molecular complexity index is 337. The van der Waals surface area contributed by atoms with E-state index in [9.17, 15) is 0 Å². The Kier molecular flexibility index (Phi) is 2.03. The number of aromatic amines is 2. The topological polar surface area (TPSA) is 83.1 Å². The lowest BCUT2D eigenvalue weighted by Crippen LogP contribution is -1.99. The van der Waals surface area contributed by atoms with Gasteiger partial charge in [0.05, 0.1) is 11.4 Å². The van der Waals surface area contributed by atoms with Crippen LogP contribution in [-0.4, -0.2) is 30.8 Å². The molecule has 2 heterocycles. The van der Waals surface area contributed by atoms with Gasteiger partial charge in [0, 0.05) is 24.7 Å². The smallest absolute Gasteiger partial charge is 0.0859 e. The van der Waals surface area contributed by atoms with Crippen molar-refractivity contribution < 1.29 is 0 Å². The zero-order valence-corrected chi connectivity index (χ0v) is 6.94. The van der Waals surface area contributed by atoms with Crippen LogP contribution >= 0.6 is 0 Å². The van der Waals surface area contributed by atoms with Crippen molar-refractivity contribution in [3.8, 4) is 0 Å². The average molecular weight is 177 g/mol. The molecule has 13 heavy (non-hydrogen) atoms. The average Bonchev–Trinajstić information content (AvgIpc) is 2.74. The first kappa shape index (κ1) is 7.90. The third-order valence-corrected chi connectivity index (χ3v) is 1.78. The van der Waals surface area contributed by atoms with Gasteiger partial charge >= 0.3 is 0 Å². The fourth-order valence-electron chi connectivity index (χ4n) is 1.09. The standard InChI is InChI=1S/C7H9N6/c1-5(7-4-9-13-11-7)2-6-3-8-12-10-6/h3-5H,1-2H2,(H,8,10,12)(H,9,11,13). The minimum absolute atomic E-state index is 0.0591. The third kappa shape index (κ3) is 1.71. The molecule has 0 fully saturated rings. The largest absolute Gasteiger partial charge is 0.265 e. The van der Waals surface area contributed by atoms with Crippen molar-refractivity contribution in [3.63, 3.8) is 0 Å². The van der Waals surface area contributed by atoms with Crippen LogP contribution < -0.4 is 0 Å². The number of hydrogen-bond donors (Lipinski definition) is 2. The van der Waals surface area contributed by atoms with Gasteiger partial charge in [-0.2, -0.15) is 0 Å². The number of H-pyrrole nitrogens is 2. The van der Waals surface area contributed by atoms with Gasteiger partial charge in [-0.25, -0.2) is 0 Å². The van der Waals surface area contributed by atoms with Gasteiger partial charge in [-0.1, -0.05) is 10.4 Å². The second-order valence-corrected chi connectivity index (χ2v) is 2.76. The quantitative estimate of drug-likeness (QED) is 0.695. The summed E-state index contributed by atoms with van der Waals surface area (Å²) < 4.78 is 0. The maximum atomic E-state index is 3.95. The Morgan fingerprint density at radius 1 is 1.23 bits per heavy atom. The lowest BCUT2D eigenvalue weighted by Gasteiger charge is -2.02. The molecule has 0 bridgehead atoms. The van der Waals surface area contributed by atoms with Crippen molar-refractivity contribution in [1.29, 1.82) is 0 Å². The van der Waals surface area contributed by atoms with E-state index in [2.05, 4.69) is 37.7 Å². The Balaban J connectivity index is 2.04.